The van der Waals surface area contributed by atoms with Crippen molar-refractivity contribution >= 4 is 0 Å². The first-order valence-corrected chi connectivity index (χ1v) is 6.04. The third-order valence-electron chi connectivity index (χ3n) is 2.96. The Labute approximate surface area is 91.9 Å². The van der Waals surface area contributed by atoms with Crippen molar-refractivity contribution in [2.45, 2.75) is 51.6 Å². The third kappa shape index (κ3) is 3.06. The molecule has 1 aromatic rings. The molecule has 0 aliphatic heterocycles. The Kier molecular flexibility index (Phi) is 3.41. The monoisotopic (exact) mass is 207 g/mol. The molecule has 2 rings (SSSR count). The molecule has 3 heteroatoms. The van der Waals surface area contributed by atoms with Gasteiger partial charge in [0.15, 0.2) is 0 Å². The maximum Gasteiger partial charge on any atom is 0.0643 e. The van der Waals surface area contributed by atoms with E-state index in [2.05, 4.69) is 34.3 Å². The number of nitrogens with zero attached hydrogens (tertiary/aromatic N) is 2. The van der Waals surface area contributed by atoms with E-state index in [4.69, 9.17) is 0 Å². The van der Waals surface area contributed by atoms with Crippen molar-refractivity contribution in [3.63, 3.8) is 0 Å². The summed E-state index contributed by atoms with van der Waals surface area (Å²) in [6.07, 6.45) is 7.24. The minimum Gasteiger partial charge on any atom is -0.312 e. The number of hydrogen-bond donors (Lipinski definition) is 1. The smallest absolute Gasteiger partial charge is 0.0643 e. The van der Waals surface area contributed by atoms with Gasteiger partial charge in [0.1, 0.15) is 0 Å². The fraction of sp³-hybridized carbons (Fsp3) is 0.750. The molecule has 1 heterocycles. The van der Waals surface area contributed by atoms with Crippen LogP contribution in [0.5, 0.6) is 0 Å². The van der Waals surface area contributed by atoms with Gasteiger partial charge in [-0.25, -0.2) is 0 Å². The highest BCUT2D eigenvalue weighted by atomic mass is 15.3. The summed E-state index contributed by atoms with van der Waals surface area (Å²) in [5.74, 6) is 0. The van der Waals surface area contributed by atoms with Gasteiger partial charge in [0.05, 0.1) is 11.7 Å². The van der Waals surface area contributed by atoms with Gasteiger partial charge in [-0.05, 0) is 32.3 Å². The molecule has 0 spiro atoms. The first-order valence-electron chi connectivity index (χ1n) is 6.04. The van der Waals surface area contributed by atoms with Gasteiger partial charge in [-0.3, -0.25) is 4.68 Å². The van der Waals surface area contributed by atoms with Crippen LogP contribution in [0.1, 0.15) is 44.3 Å². The van der Waals surface area contributed by atoms with E-state index in [1.165, 1.54) is 25.7 Å². The summed E-state index contributed by atoms with van der Waals surface area (Å²) in [6.45, 7) is 5.36. The van der Waals surface area contributed by atoms with E-state index in [1.807, 2.05) is 6.92 Å². The average molecular weight is 207 g/mol. The Balaban J connectivity index is 1.91. The van der Waals surface area contributed by atoms with E-state index in [0.717, 1.165) is 18.3 Å². The molecule has 0 radical (unpaired) electrons. The van der Waals surface area contributed by atoms with Gasteiger partial charge >= 0.3 is 0 Å². The van der Waals surface area contributed by atoms with Crippen LogP contribution in [0, 0.1) is 6.92 Å². The number of aryl methyl sites for hydroxylation is 1. The molecular formula is C12H21N3. The van der Waals surface area contributed by atoms with E-state index in [1.54, 1.807) is 0 Å². The maximum atomic E-state index is 4.50. The number of rotatable bonds is 6. The summed E-state index contributed by atoms with van der Waals surface area (Å²) in [7, 11) is 0. The largest absolute Gasteiger partial charge is 0.312 e. The highest BCUT2D eigenvalue weighted by Crippen LogP contribution is 2.20. The van der Waals surface area contributed by atoms with Crippen molar-refractivity contribution in [3.8, 4) is 0 Å². The standard InChI is InChI=1S/C12H21N3/c1-3-4-12(9-13-11-5-6-11)15-8-7-10(2)14-15/h7-8,11-13H,3-6,9H2,1-2H3. The van der Waals surface area contributed by atoms with Gasteiger partial charge < -0.3 is 5.32 Å². The molecule has 1 aromatic heterocycles. The van der Waals surface area contributed by atoms with Gasteiger partial charge in [-0.15, -0.1) is 0 Å². The lowest BCUT2D eigenvalue weighted by atomic mass is 10.1. The number of nitrogens with one attached hydrogen (secondary N) is 1. The molecule has 1 fully saturated rings. The molecule has 3 nitrogen and oxygen atoms in total. The molecule has 1 unspecified atom stereocenters. The number of hydrogen-bond acceptors (Lipinski definition) is 2. The molecule has 1 atom stereocenters. The Hall–Kier alpha value is -0.830. The number of aromatic nitrogens is 2. The zero-order valence-corrected chi connectivity index (χ0v) is 9.74. The lowest BCUT2D eigenvalue weighted by Crippen LogP contribution is -2.27. The van der Waals surface area contributed by atoms with Crippen LogP contribution in [-0.2, 0) is 0 Å². The molecule has 0 amide bonds. The second-order valence-corrected chi connectivity index (χ2v) is 4.56. The fourth-order valence-electron chi connectivity index (χ4n) is 1.89. The predicted molar refractivity (Wildman–Crippen MR) is 61.9 cm³/mol. The van der Waals surface area contributed by atoms with Crippen LogP contribution in [0.25, 0.3) is 0 Å². The van der Waals surface area contributed by atoms with Crippen LogP contribution in [0.2, 0.25) is 0 Å². The molecule has 1 N–H and O–H groups in total. The van der Waals surface area contributed by atoms with Crippen LogP contribution in [0.15, 0.2) is 12.3 Å². The van der Waals surface area contributed by atoms with Crippen molar-refractivity contribution in [2.75, 3.05) is 6.54 Å². The topological polar surface area (TPSA) is 29.9 Å². The molecule has 84 valence electrons. The average Bonchev–Trinajstić information content (AvgIpc) is 2.95. The summed E-state index contributed by atoms with van der Waals surface area (Å²) in [5, 5.41) is 8.09. The molecular weight excluding hydrogens is 186 g/mol. The Morgan fingerprint density at radius 2 is 2.40 bits per heavy atom. The summed E-state index contributed by atoms with van der Waals surface area (Å²) in [6, 6.07) is 3.41. The van der Waals surface area contributed by atoms with E-state index in [0.29, 0.717) is 6.04 Å². The SMILES string of the molecule is CCCC(CNC1CC1)n1ccc(C)n1. The molecule has 1 saturated carbocycles. The van der Waals surface area contributed by atoms with Crippen LogP contribution < -0.4 is 5.32 Å². The molecule has 0 aromatic carbocycles. The lowest BCUT2D eigenvalue weighted by molar-refractivity contribution is 0.393. The summed E-state index contributed by atoms with van der Waals surface area (Å²) in [5.41, 5.74) is 1.11. The quantitative estimate of drug-likeness (QED) is 0.775. The van der Waals surface area contributed by atoms with Crippen molar-refractivity contribution in [1.82, 2.24) is 15.1 Å². The molecule has 1 aliphatic rings. The second kappa shape index (κ2) is 4.79. The first-order chi connectivity index (χ1) is 7.29. The second-order valence-electron chi connectivity index (χ2n) is 4.56. The summed E-state index contributed by atoms with van der Waals surface area (Å²) < 4.78 is 2.12. The highest BCUT2D eigenvalue weighted by molar-refractivity contribution is 4.96. The van der Waals surface area contributed by atoms with Gasteiger partial charge in [0.2, 0.25) is 0 Å². The van der Waals surface area contributed by atoms with Gasteiger partial charge in [0.25, 0.3) is 0 Å². The predicted octanol–water partition coefficient (Wildman–Crippen LogP) is 2.28. The van der Waals surface area contributed by atoms with Crippen molar-refractivity contribution in [3.05, 3.63) is 18.0 Å². The minimum atomic E-state index is 0.532. The van der Waals surface area contributed by atoms with Crippen molar-refractivity contribution < 1.29 is 0 Å². The van der Waals surface area contributed by atoms with Gasteiger partial charge in [0, 0.05) is 18.8 Å². The minimum absolute atomic E-state index is 0.532. The Morgan fingerprint density at radius 3 is 2.93 bits per heavy atom. The molecule has 1 aliphatic carbocycles. The van der Waals surface area contributed by atoms with Crippen LogP contribution in [0.4, 0.5) is 0 Å². The van der Waals surface area contributed by atoms with Gasteiger partial charge in [-0.2, -0.15) is 5.10 Å². The highest BCUT2D eigenvalue weighted by Gasteiger charge is 2.22. The Morgan fingerprint density at radius 1 is 1.60 bits per heavy atom. The summed E-state index contributed by atoms with van der Waals surface area (Å²) in [4.78, 5) is 0. The molecule has 0 saturated heterocycles. The lowest BCUT2D eigenvalue weighted by Gasteiger charge is -2.17. The third-order valence-corrected chi connectivity index (χ3v) is 2.96. The van der Waals surface area contributed by atoms with E-state index in [-0.39, 0.29) is 0 Å². The maximum absolute atomic E-state index is 4.50. The Bertz CT molecular complexity index is 302. The van der Waals surface area contributed by atoms with E-state index < -0.39 is 0 Å². The van der Waals surface area contributed by atoms with E-state index in [9.17, 15) is 0 Å². The first kappa shape index (κ1) is 10.7. The van der Waals surface area contributed by atoms with Gasteiger partial charge in [-0.1, -0.05) is 13.3 Å². The normalized spacial score (nSPS) is 18.0. The molecule has 0 bridgehead atoms. The van der Waals surface area contributed by atoms with Crippen LogP contribution in [-0.4, -0.2) is 22.4 Å². The van der Waals surface area contributed by atoms with Crippen LogP contribution >= 0.6 is 0 Å². The summed E-state index contributed by atoms with van der Waals surface area (Å²) >= 11 is 0. The zero-order valence-electron chi connectivity index (χ0n) is 9.74. The van der Waals surface area contributed by atoms with Crippen molar-refractivity contribution in [1.29, 1.82) is 0 Å². The van der Waals surface area contributed by atoms with Crippen LogP contribution in [0.3, 0.4) is 0 Å². The van der Waals surface area contributed by atoms with Crippen molar-refractivity contribution in [2.24, 2.45) is 0 Å². The zero-order chi connectivity index (χ0) is 10.7. The molecule has 15 heavy (non-hydrogen) atoms. The van der Waals surface area contributed by atoms with E-state index >= 15 is 0 Å². The fourth-order valence-corrected chi connectivity index (χ4v) is 1.89.